The molecule has 0 radical (unpaired) electrons. The molecule has 0 fully saturated rings. The zero-order valence-corrected chi connectivity index (χ0v) is 13.7. The molecule has 0 aliphatic rings. The second kappa shape index (κ2) is 7.45. The van der Waals surface area contributed by atoms with Crippen LogP contribution >= 0.6 is 0 Å². The van der Waals surface area contributed by atoms with Gasteiger partial charge in [0, 0.05) is 18.2 Å². The van der Waals surface area contributed by atoms with Gasteiger partial charge in [0.05, 0.1) is 12.2 Å². The molecule has 0 atom stereocenters. The number of aryl methyl sites for hydroxylation is 1. The third-order valence-electron chi connectivity index (χ3n) is 3.60. The van der Waals surface area contributed by atoms with E-state index >= 15 is 0 Å². The minimum Gasteiger partial charge on any atom is -0.340 e. The Morgan fingerprint density at radius 1 is 1.16 bits per heavy atom. The predicted molar refractivity (Wildman–Crippen MR) is 94.3 cm³/mol. The summed E-state index contributed by atoms with van der Waals surface area (Å²) < 4.78 is 14.4. The number of nitrogens with zero attached hydrogens (tertiary/aromatic N) is 2. The topological polar surface area (TPSA) is 46.9 Å². The summed E-state index contributed by atoms with van der Waals surface area (Å²) in [7, 11) is 1.73. The Labute approximate surface area is 145 Å². The third kappa shape index (κ3) is 4.12. The number of rotatable bonds is 3. The first-order chi connectivity index (χ1) is 12.1. The highest BCUT2D eigenvalue weighted by molar-refractivity contribution is 5.93. The van der Waals surface area contributed by atoms with Crippen LogP contribution < -0.4 is 5.32 Å². The SMILES string of the molecule is Cn1nc(-c2ccccc2)cc1C(=O)NCC#Cc1ccc(F)cc1. The number of carbonyl (C=O) groups excluding carboxylic acids is 1. The fraction of sp³-hybridized carbons (Fsp3) is 0.100. The van der Waals surface area contributed by atoms with Gasteiger partial charge in [0.1, 0.15) is 11.5 Å². The van der Waals surface area contributed by atoms with Crippen molar-refractivity contribution in [3.8, 4) is 23.1 Å². The summed E-state index contributed by atoms with van der Waals surface area (Å²) in [4.78, 5) is 12.3. The molecule has 1 aromatic heterocycles. The van der Waals surface area contributed by atoms with Crippen molar-refractivity contribution >= 4 is 5.91 Å². The molecule has 5 heteroatoms. The van der Waals surface area contributed by atoms with Crippen LogP contribution in [0.15, 0.2) is 60.7 Å². The lowest BCUT2D eigenvalue weighted by atomic mass is 10.1. The highest BCUT2D eigenvalue weighted by atomic mass is 19.1. The van der Waals surface area contributed by atoms with Gasteiger partial charge < -0.3 is 5.32 Å². The van der Waals surface area contributed by atoms with Gasteiger partial charge in [-0.2, -0.15) is 5.10 Å². The van der Waals surface area contributed by atoms with E-state index < -0.39 is 0 Å². The van der Waals surface area contributed by atoms with Crippen molar-refractivity contribution in [3.05, 3.63) is 77.7 Å². The molecule has 0 saturated carbocycles. The largest absolute Gasteiger partial charge is 0.340 e. The summed E-state index contributed by atoms with van der Waals surface area (Å²) in [6.45, 7) is 0.196. The van der Waals surface area contributed by atoms with E-state index in [9.17, 15) is 9.18 Å². The molecule has 0 bridgehead atoms. The van der Waals surface area contributed by atoms with Crippen LogP contribution in [0.25, 0.3) is 11.3 Å². The summed E-state index contributed by atoms with van der Waals surface area (Å²) in [5, 5.41) is 7.11. The number of halogens is 1. The van der Waals surface area contributed by atoms with Crippen LogP contribution in [-0.4, -0.2) is 22.2 Å². The third-order valence-corrected chi connectivity index (χ3v) is 3.60. The molecule has 0 aliphatic carbocycles. The molecular formula is C20H16FN3O. The van der Waals surface area contributed by atoms with E-state index in [0.717, 1.165) is 11.3 Å². The second-order valence-electron chi connectivity index (χ2n) is 5.40. The Morgan fingerprint density at radius 3 is 2.60 bits per heavy atom. The molecule has 1 N–H and O–H groups in total. The molecule has 0 unspecified atom stereocenters. The maximum absolute atomic E-state index is 12.8. The van der Waals surface area contributed by atoms with Crippen molar-refractivity contribution < 1.29 is 9.18 Å². The van der Waals surface area contributed by atoms with E-state index in [1.54, 1.807) is 29.9 Å². The molecule has 124 valence electrons. The summed E-state index contributed by atoms with van der Waals surface area (Å²) in [5.41, 5.74) is 2.85. The molecule has 3 rings (SSSR count). The first kappa shape index (κ1) is 16.5. The highest BCUT2D eigenvalue weighted by Crippen LogP contribution is 2.18. The van der Waals surface area contributed by atoms with Crippen LogP contribution in [0.4, 0.5) is 4.39 Å². The van der Waals surface area contributed by atoms with Crippen molar-refractivity contribution in [3.63, 3.8) is 0 Å². The molecule has 2 aromatic carbocycles. The molecule has 0 aliphatic heterocycles. The minimum absolute atomic E-state index is 0.196. The quantitative estimate of drug-likeness (QED) is 0.749. The van der Waals surface area contributed by atoms with Gasteiger partial charge in [-0.05, 0) is 30.3 Å². The Hall–Kier alpha value is -3.39. The van der Waals surface area contributed by atoms with Crippen LogP contribution in [0, 0.1) is 17.7 Å². The first-order valence-electron chi connectivity index (χ1n) is 7.75. The van der Waals surface area contributed by atoms with Crippen LogP contribution in [0.2, 0.25) is 0 Å². The maximum atomic E-state index is 12.8. The van der Waals surface area contributed by atoms with Crippen molar-refractivity contribution in [2.75, 3.05) is 6.54 Å². The Kier molecular flexibility index (Phi) is 4.91. The fourth-order valence-corrected chi connectivity index (χ4v) is 2.32. The average molecular weight is 333 g/mol. The van der Waals surface area contributed by atoms with Crippen molar-refractivity contribution in [2.45, 2.75) is 0 Å². The second-order valence-corrected chi connectivity index (χ2v) is 5.40. The number of hydrogen-bond donors (Lipinski definition) is 1. The molecule has 0 spiro atoms. The van der Waals surface area contributed by atoms with Crippen molar-refractivity contribution in [1.82, 2.24) is 15.1 Å². The Balaban J connectivity index is 1.64. The van der Waals surface area contributed by atoms with Gasteiger partial charge in [-0.3, -0.25) is 9.48 Å². The van der Waals surface area contributed by atoms with Gasteiger partial charge >= 0.3 is 0 Å². The lowest BCUT2D eigenvalue weighted by Crippen LogP contribution is -2.25. The maximum Gasteiger partial charge on any atom is 0.270 e. The monoisotopic (exact) mass is 333 g/mol. The Morgan fingerprint density at radius 2 is 1.88 bits per heavy atom. The van der Waals surface area contributed by atoms with Gasteiger partial charge in [0.15, 0.2) is 0 Å². The zero-order valence-electron chi connectivity index (χ0n) is 13.7. The molecule has 4 nitrogen and oxygen atoms in total. The van der Waals surface area contributed by atoms with E-state index in [0.29, 0.717) is 11.3 Å². The number of aromatic nitrogens is 2. The summed E-state index contributed by atoms with van der Waals surface area (Å²) >= 11 is 0. The van der Waals surface area contributed by atoms with Gasteiger partial charge in [-0.1, -0.05) is 42.2 Å². The minimum atomic E-state index is -0.302. The normalized spacial score (nSPS) is 10.0. The number of nitrogens with one attached hydrogen (secondary N) is 1. The number of carbonyl (C=O) groups is 1. The lowest BCUT2D eigenvalue weighted by molar-refractivity contribution is 0.0949. The summed E-state index contributed by atoms with van der Waals surface area (Å²) in [6.07, 6.45) is 0. The van der Waals surface area contributed by atoms with Crippen LogP contribution in [0.5, 0.6) is 0 Å². The van der Waals surface area contributed by atoms with E-state index in [1.165, 1.54) is 12.1 Å². The molecule has 1 heterocycles. The van der Waals surface area contributed by atoms with E-state index in [-0.39, 0.29) is 18.3 Å². The summed E-state index contributed by atoms with van der Waals surface area (Å²) in [6, 6.07) is 17.3. The van der Waals surface area contributed by atoms with Gasteiger partial charge in [0.25, 0.3) is 5.91 Å². The van der Waals surface area contributed by atoms with E-state index in [2.05, 4.69) is 22.3 Å². The van der Waals surface area contributed by atoms with Gasteiger partial charge in [-0.15, -0.1) is 0 Å². The van der Waals surface area contributed by atoms with E-state index in [4.69, 9.17) is 0 Å². The highest BCUT2D eigenvalue weighted by Gasteiger charge is 2.13. The fourth-order valence-electron chi connectivity index (χ4n) is 2.32. The molecule has 3 aromatic rings. The van der Waals surface area contributed by atoms with Crippen molar-refractivity contribution in [2.24, 2.45) is 7.05 Å². The number of benzene rings is 2. The lowest BCUT2D eigenvalue weighted by Gasteiger charge is -2.00. The molecular weight excluding hydrogens is 317 g/mol. The number of hydrogen-bond acceptors (Lipinski definition) is 2. The number of amides is 1. The van der Waals surface area contributed by atoms with E-state index in [1.807, 2.05) is 30.3 Å². The smallest absolute Gasteiger partial charge is 0.270 e. The van der Waals surface area contributed by atoms with Crippen LogP contribution in [-0.2, 0) is 7.05 Å². The summed E-state index contributed by atoms with van der Waals surface area (Å²) in [5.74, 6) is 5.17. The zero-order chi connectivity index (χ0) is 17.6. The first-order valence-corrected chi connectivity index (χ1v) is 7.75. The molecule has 25 heavy (non-hydrogen) atoms. The predicted octanol–water partition coefficient (Wildman–Crippen LogP) is 3.01. The van der Waals surface area contributed by atoms with Crippen LogP contribution in [0.3, 0.4) is 0 Å². The Bertz CT molecular complexity index is 935. The van der Waals surface area contributed by atoms with Crippen molar-refractivity contribution in [1.29, 1.82) is 0 Å². The van der Waals surface area contributed by atoms with Crippen LogP contribution in [0.1, 0.15) is 16.1 Å². The standard InChI is InChI=1S/C20H16FN3O/c1-24-19(14-18(23-24)16-7-3-2-4-8-16)20(25)22-13-5-6-15-9-11-17(21)12-10-15/h2-4,7-12,14H,13H2,1H3,(H,22,25). The van der Waals surface area contributed by atoms with Gasteiger partial charge in [-0.25, -0.2) is 4.39 Å². The molecule has 1 amide bonds. The molecule has 0 saturated heterocycles. The van der Waals surface area contributed by atoms with Gasteiger partial charge in [0.2, 0.25) is 0 Å². The average Bonchev–Trinajstić information content (AvgIpc) is 3.03.